The third-order valence-electron chi connectivity index (χ3n) is 5.45. The van der Waals surface area contributed by atoms with Crippen LogP contribution in [-0.4, -0.2) is 41.2 Å². The van der Waals surface area contributed by atoms with E-state index in [1.54, 1.807) is 53.9 Å². The zero-order valence-corrected chi connectivity index (χ0v) is 19.0. The van der Waals surface area contributed by atoms with Crippen molar-refractivity contribution in [3.05, 3.63) is 92.8 Å². The Balaban J connectivity index is 1.74. The molecular formula is C23H18N2O6S2. The smallest absolute Gasteiger partial charge is 0.387 e. The van der Waals surface area contributed by atoms with E-state index < -0.39 is 26.3 Å². The minimum Gasteiger partial charge on any atom is -0.476 e. The van der Waals surface area contributed by atoms with Crippen molar-refractivity contribution in [1.29, 1.82) is 0 Å². The maximum atomic E-state index is 12.2. The lowest BCUT2D eigenvalue weighted by molar-refractivity contribution is -0.535. The summed E-state index contributed by atoms with van der Waals surface area (Å²) in [6, 6.07) is 14.7. The van der Waals surface area contributed by atoms with Crippen LogP contribution >= 0.6 is 11.3 Å². The van der Waals surface area contributed by atoms with Crippen molar-refractivity contribution in [3.8, 4) is 11.3 Å². The van der Waals surface area contributed by atoms with E-state index in [0.717, 1.165) is 6.26 Å². The van der Waals surface area contributed by atoms with Crippen molar-refractivity contribution in [2.45, 2.75) is 16.9 Å². The molecule has 1 aliphatic carbocycles. The largest absolute Gasteiger partial charge is 0.476 e. The predicted octanol–water partition coefficient (Wildman–Crippen LogP) is 4.18. The first kappa shape index (κ1) is 22.6. The van der Waals surface area contributed by atoms with Crippen molar-refractivity contribution in [3.63, 3.8) is 0 Å². The van der Waals surface area contributed by atoms with Gasteiger partial charge in [-0.05, 0) is 23.3 Å². The van der Waals surface area contributed by atoms with Crippen molar-refractivity contribution in [1.82, 2.24) is 4.98 Å². The number of rotatable bonds is 6. The molecule has 2 aromatic carbocycles. The molecule has 1 atom stereocenters. The Morgan fingerprint density at radius 1 is 1.09 bits per heavy atom. The molecule has 0 radical (unpaired) electrons. The van der Waals surface area contributed by atoms with Crippen LogP contribution in [0.25, 0.3) is 22.4 Å². The number of nitro groups is 1. The van der Waals surface area contributed by atoms with Gasteiger partial charge in [0.05, 0.1) is 17.0 Å². The lowest BCUT2D eigenvalue weighted by atomic mass is 9.77. The molecule has 0 fully saturated rings. The Hall–Kier alpha value is -3.63. The summed E-state index contributed by atoms with van der Waals surface area (Å²) in [4.78, 5) is 28.3. The predicted molar refractivity (Wildman–Crippen MR) is 125 cm³/mol. The second-order valence-electron chi connectivity index (χ2n) is 7.57. The first-order valence-corrected chi connectivity index (χ1v) is 12.5. The SMILES string of the molecule is CS(=O)(=O)c1ccc(-c2csc(C3=CC=C(c4ccccc4)C(C(=O)O)([N+](=O)[O-])C3)n2)cc1. The number of carbonyl (C=O) groups is 1. The number of carboxylic acids is 1. The van der Waals surface area contributed by atoms with Gasteiger partial charge in [-0.25, -0.2) is 18.2 Å². The van der Waals surface area contributed by atoms with Crippen LogP contribution in [0.2, 0.25) is 0 Å². The van der Waals surface area contributed by atoms with Crippen LogP contribution < -0.4 is 0 Å². The van der Waals surface area contributed by atoms with Crippen LogP contribution in [0.15, 0.2) is 77.0 Å². The van der Waals surface area contributed by atoms with Gasteiger partial charge in [0, 0.05) is 27.7 Å². The van der Waals surface area contributed by atoms with Crippen LogP contribution in [0.4, 0.5) is 0 Å². The molecule has 0 aliphatic heterocycles. The summed E-state index contributed by atoms with van der Waals surface area (Å²) in [5, 5.41) is 24.3. The monoisotopic (exact) mass is 482 g/mol. The number of sulfone groups is 1. The molecule has 10 heteroatoms. The lowest BCUT2D eigenvalue weighted by Crippen LogP contribution is -2.48. The summed E-state index contributed by atoms with van der Waals surface area (Å²) in [6.45, 7) is 0. The molecule has 33 heavy (non-hydrogen) atoms. The Kier molecular flexibility index (Phi) is 5.73. The van der Waals surface area contributed by atoms with E-state index in [1.165, 1.54) is 29.5 Å². The molecule has 1 aliphatic rings. The minimum atomic E-state index is -3.32. The molecule has 8 nitrogen and oxygen atoms in total. The Labute approximate surface area is 193 Å². The average molecular weight is 483 g/mol. The molecule has 4 rings (SSSR count). The molecule has 0 saturated heterocycles. The highest BCUT2D eigenvalue weighted by molar-refractivity contribution is 7.90. The lowest BCUT2D eigenvalue weighted by Gasteiger charge is -2.27. The van der Waals surface area contributed by atoms with E-state index in [-0.39, 0.29) is 16.9 Å². The maximum Gasteiger partial charge on any atom is 0.387 e. The van der Waals surface area contributed by atoms with Crippen LogP contribution in [0.1, 0.15) is 17.0 Å². The van der Waals surface area contributed by atoms with E-state index in [1.807, 2.05) is 0 Å². The Bertz CT molecular complexity index is 1390. The van der Waals surface area contributed by atoms with E-state index in [4.69, 9.17) is 0 Å². The molecule has 0 saturated carbocycles. The quantitative estimate of drug-likeness (QED) is 0.412. The number of hydrogen-bond acceptors (Lipinski definition) is 7. The number of aliphatic carboxylic acids is 1. The fourth-order valence-corrected chi connectivity index (χ4v) is 5.19. The minimum absolute atomic E-state index is 0.109. The molecule has 1 heterocycles. The zero-order chi connectivity index (χ0) is 23.8. The number of thiazole rings is 1. The van der Waals surface area contributed by atoms with Gasteiger partial charge >= 0.3 is 11.5 Å². The maximum absolute atomic E-state index is 12.2. The fourth-order valence-electron chi connectivity index (χ4n) is 3.71. The van der Waals surface area contributed by atoms with Crippen LogP contribution in [0.5, 0.6) is 0 Å². The topological polar surface area (TPSA) is 127 Å². The third-order valence-corrected chi connectivity index (χ3v) is 7.50. The average Bonchev–Trinajstić information content (AvgIpc) is 3.29. The Morgan fingerprint density at radius 2 is 1.76 bits per heavy atom. The summed E-state index contributed by atoms with van der Waals surface area (Å²) in [5.41, 5.74) is -0.0709. The van der Waals surface area contributed by atoms with Gasteiger partial charge in [0.1, 0.15) is 5.01 Å². The zero-order valence-electron chi connectivity index (χ0n) is 17.3. The van der Waals surface area contributed by atoms with Gasteiger partial charge < -0.3 is 5.11 Å². The number of allylic oxidation sites excluding steroid dienone is 2. The van der Waals surface area contributed by atoms with Gasteiger partial charge in [-0.2, -0.15) is 0 Å². The second kappa shape index (κ2) is 8.38. The number of nitrogens with zero attached hydrogens (tertiary/aromatic N) is 2. The molecule has 1 unspecified atom stereocenters. The van der Waals surface area contributed by atoms with Gasteiger partial charge in [0.25, 0.3) is 0 Å². The molecule has 1 aromatic heterocycles. The van der Waals surface area contributed by atoms with Crippen molar-refractivity contribution >= 4 is 38.3 Å². The third kappa shape index (κ3) is 4.10. The molecular weight excluding hydrogens is 464 g/mol. The molecule has 0 bridgehead atoms. The highest BCUT2D eigenvalue weighted by Gasteiger charge is 2.57. The van der Waals surface area contributed by atoms with E-state index >= 15 is 0 Å². The van der Waals surface area contributed by atoms with E-state index in [0.29, 0.717) is 27.4 Å². The summed E-state index contributed by atoms with van der Waals surface area (Å²) in [7, 11) is -3.32. The highest BCUT2D eigenvalue weighted by atomic mass is 32.2. The van der Waals surface area contributed by atoms with Gasteiger partial charge in [0.2, 0.25) is 0 Å². The number of aromatic nitrogens is 1. The van der Waals surface area contributed by atoms with Crippen molar-refractivity contribution < 1.29 is 23.2 Å². The van der Waals surface area contributed by atoms with Crippen LogP contribution in [-0.2, 0) is 14.6 Å². The normalized spacial score (nSPS) is 18.3. The van der Waals surface area contributed by atoms with Crippen LogP contribution in [0.3, 0.4) is 0 Å². The number of benzene rings is 2. The summed E-state index contributed by atoms with van der Waals surface area (Å²) >= 11 is 1.24. The Morgan fingerprint density at radius 3 is 2.33 bits per heavy atom. The van der Waals surface area contributed by atoms with E-state index in [9.17, 15) is 28.4 Å². The molecule has 3 aromatic rings. The number of hydrogen-bond donors (Lipinski definition) is 1. The summed E-state index contributed by atoms with van der Waals surface area (Å²) in [6.07, 6.45) is 3.92. The van der Waals surface area contributed by atoms with Crippen LogP contribution in [0, 0.1) is 10.1 Å². The van der Waals surface area contributed by atoms with E-state index in [2.05, 4.69) is 4.98 Å². The summed E-state index contributed by atoms with van der Waals surface area (Å²) < 4.78 is 23.3. The number of carboxylic acid groups (broad SMARTS) is 1. The first-order chi connectivity index (χ1) is 15.6. The molecule has 168 valence electrons. The fraction of sp³-hybridized carbons (Fsp3) is 0.130. The molecule has 0 amide bonds. The van der Waals surface area contributed by atoms with Crippen molar-refractivity contribution in [2.24, 2.45) is 0 Å². The van der Waals surface area contributed by atoms with Gasteiger partial charge in [-0.1, -0.05) is 54.6 Å². The second-order valence-corrected chi connectivity index (χ2v) is 10.4. The van der Waals surface area contributed by atoms with Gasteiger partial charge in [-0.3, -0.25) is 10.1 Å². The first-order valence-electron chi connectivity index (χ1n) is 9.74. The highest BCUT2D eigenvalue weighted by Crippen LogP contribution is 2.43. The van der Waals surface area contributed by atoms with Gasteiger partial charge in [-0.15, -0.1) is 11.3 Å². The standard InChI is InChI=1S/C23H18N2O6S2/c1-33(30,31)18-10-7-16(8-11-18)20-14-32-21(24-20)17-9-12-19(15-5-3-2-4-6-15)23(13-17,22(26)27)25(28)29/h2-12,14H,13H2,1H3,(H,26,27). The van der Waals surface area contributed by atoms with Gasteiger partial charge in [0.15, 0.2) is 9.84 Å². The summed E-state index contributed by atoms with van der Waals surface area (Å²) in [5.74, 6) is -1.54. The molecule has 0 spiro atoms. The van der Waals surface area contributed by atoms with Crippen molar-refractivity contribution in [2.75, 3.05) is 6.26 Å². The molecule has 1 N–H and O–H groups in total.